The molecule has 1 aliphatic heterocycles. The predicted molar refractivity (Wildman–Crippen MR) is 90.1 cm³/mol. The molecule has 1 saturated heterocycles. The standard InChI is InChI=1S/C10H14N5O8P.Cd.5H2O/c11-10-13-7-4(8(18)14-10)12-2-15(7)9-6(17)5(16)3(23-9)1-22-24(19,20)21;;;;;;/h2-3,5-6,9,16-17H,1H2,(H2,19,20,21)(H3,11,13,14,18);;5*1H2/q;+2;;;;;/p-2. The van der Waals surface area contributed by atoms with Crippen LogP contribution in [0.4, 0.5) is 5.95 Å². The Morgan fingerprint density at radius 3 is 2.33 bits per heavy atom. The number of hydrogen-bond acceptors (Lipinski definition) is 11. The van der Waals surface area contributed by atoms with Crippen molar-refractivity contribution in [3.05, 3.63) is 16.7 Å². The minimum Gasteiger partial charge on any atom is -0.790 e. The number of imidazole rings is 1. The molecule has 2 aromatic rings. The maximum absolute atomic E-state index is 11.7. The number of aliphatic hydroxyl groups excluding tert-OH is 2. The van der Waals surface area contributed by atoms with Gasteiger partial charge in [0, 0.05) is 0 Å². The van der Waals surface area contributed by atoms with Crippen LogP contribution >= 0.6 is 7.82 Å². The number of phosphoric acid groups is 1. The summed E-state index contributed by atoms with van der Waals surface area (Å²) < 4.78 is 21.0. The van der Waals surface area contributed by atoms with E-state index in [9.17, 15) is 29.4 Å². The molecular weight excluding hydrogens is 542 g/mol. The van der Waals surface area contributed by atoms with E-state index in [0.29, 0.717) is 0 Å². The van der Waals surface area contributed by atoms with Gasteiger partial charge in [0.2, 0.25) is 5.95 Å². The average Bonchev–Trinajstić information content (AvgIpc) is 3.00. The second kappa shape index (κ2) is 13.3. The summed E-state index contributed by atoms with van der Waals surface area (Å²) in [5.74, 6) is -0.194. The van der Waals surface area contributed by atoms with Crippen molar-refractivity contribution in [3.63, 3.8) is 0 Å². The third-order valence-corrected chi connectivity index (χ3v) is 3.92. The largest absolute Gasteiger partial charge is 2.00 e. The Kier molecular flexibility index (Phi) is 16.1. The van der Waals surface area contributed by atoms with Gasteiger partial charge in [-0.3, -0.25) is 14.3 Å². The quantitative estimate of drug-likeness (QED) is 0.200. The summed E-state index contributed by atoms with van der Waals surface area (Å²) in [4.78, 5) is 42.7. The Morgan fingerprint density at radius 2 is 1.80 bits per heavy atom. The molecule has 18 nitrogen and oxygen atoms in total. The number of fused-ring (bicyclic) bond motifs is 1. The molecule has 0 radical (unpaired) electrons. The van der Waals surface area contributed by atoms with Gasteiger partial charge in [-0.1, -0.05) is 0 Å². The van der Waals surface area contributed by atoms with Gasteiger partial charge in [-0.25, -0.2) is 4.98 Å². The van der Waals surface area contributed by atoms with Gasteiger partial charge in [0.25, 0.3) is 5.56 Å². The Morgan fingerprint density at radius 1 is 1.23 bits per heavy atom. The molecule has 1 aliphatic rings. The Hall–Kier alpha value is -1.14. The Bertz CT molecular complexity index is 874. The van der Waals surface area contributed by atoms with Gasteiger partial charge >= 0.3 is 27.3 Å². The summed E-state index contributed by atoms with van der Waals surface area (Å²) >= 11 is 0. The Labute approximate surface area is 186 Å². The molecule has 172 valence electrons. The summed E-state index contributed by atoms with van der Waals surface area (Å²) in [5.41, 5.74) is 4.77. The van der Waals surface area contributed by atoms with Gasteiger partial charge < -0.3 is 66.9 Å². The van der Waals surface area contributed by atoms with Gasteiger partial charge in [0.05, 0.1) is 20.8 Å². The SMILES string of the molecule is Nc1nc2c(ncn2C2OC(COP(=O)([O-])[O-])C(O)C2O)c(=O)[nH]1.O.O.O.O.O.[Cd+2]. The van der Waals surface area contributed by atoms with Crippen LogP contribution < -0.4 is 21.1 Å². The fraction of sp³-hybridized carbons (Fsp3) is 0.500. The normalized spacial score (nSPS) is 22.3. The van der Waals surface area contributed by atoms with Crippen LogP contribution in [0.25, 0.3) is 11.2 Å². The van der Waals surface area contributed by atoms with Crippen molar-refractivity contribution in [1.29, 1.82) is 0 Å². The van der Waals surface area contributed by atoms with Crippen LogP contribution in [0.3, 0.4) is 0 Å². The number of nitrogens with zero attached hydrogens (tertiary/aromatic N) is 3. The number of hydrogen-bond donors (Lipinski definition) is 4. The number of H-pyrrole nitrogens is 1. The van der Waals surface area contributed by atoms with Crippen LogP contribution in [0.15, 0.2) is 11.1 Å². The summed E-state index contributed by atoms with van der Waals surface area (Å²) in [6.07, 6.45) is -4.46. The van der Waals surface area contributed by atoms with Crippen LogP contribution in [0.5, 0.6) is 0 Å². The molecule has 0 saturated carbocycles. The van der Waals surface area contributed by atoms with Crippen LogP contribution in [-0.4, -0.2) is 82.0 Å². The summed E-state index contributed by atoms with van der Waals surface area (Å²) in [6, 6.07) is 0. The number of rotatable bonds is 4. The number of nitrogen functional groups attached to an aromatic ring is 1. The molecule has 15 N–H and O–H groups in total. The second-order valence-corrected chi connectivity index (χ2v) is 6.22. The molecule has 1 fully saturated rings. The van der Waals surface area contributed by atoms with E-state index in [2.05, 4.69) is 19.5 Å². The van der Waals surface area contributed by atoms with Crippen molar-refractivity contribution in [2.45, 2.75) is 24.5 Å². The number of phosphoric ester groups is 1. The van der Waals surface area contributed by atoms with Crippen molar-refractivity contribution < 1.29 is 88.5 Å². The number of aromatic amines is 1. The molecule has 4 unspecified atom stereocenters. The van der Waals surface area contributed by atoms with E-state index < -0.39 is 44.5 Å². The third-order valence-electron chi connectivity index (χ3n) is 3.46. The molecule has 3 heterocycles. The van der Waals surface area contributed by atoms with E-state index in [1.165, 1.54) is 0 Å². The third kappa shape index (κ3) is 7.23. The zero-order chi connectivity index (χ0) is 17.6. The molecule has 30 heavy (non-hydrogen) atoms. The molecule has 20 heteroatoms. The molecule has 0 bridgehead atoms. The van der Waals surface area contributed by atoms with Crippen molar-refractivity contribution >= 4 is 24.9 Å². The minimum absolute atomic E-state index is 0. The predicted octanol–water partition coefficient (Wildman–Crippen LogP) is -7.96. The first-order valence-electron chi connectivity index (χ1n) is 6.58. The first-order valence-corrected chi connectivity index (χ1v) is 8.04. The van der Waals surface area contributed by atoms with Crippen molar-refractivity contribution in [1.82, 2.24) is 19.5 Å². The molecule has 4 atom stereocenters. The van der Waals surface area contributed by atoms with Gasteiger partial charge in [0.15, 0.2) is 17.4 Å². The first-order chi connectivity index (χ1) is 11.2. The molecule has 0 amide bonds. The number of aliphatic hydroxyl groups is 2. The van der Waals surface area contributed by atoms with E-state index in [1.54, 1.807) is 0 Å². The number of ether oxygens (including phenoxy) is 1. The first kappa shape index (κ1) is 36.2. The monoisotopic (exact) mass is 565 g/mol. The van der Waals surface area contributed by atoms with E-state index in [0.717, 1.165) is 10.9 Å². The zero-order valence-corrected chi connectivity index (χ0v) is 19.9. The maximum atomic E-state index is 11.7. The second-order valence-electron chi connectivity index (χ2n) is 5.06. The topological polar surface area (TPSA) is 369 Å². The molecular formula is C10H22CdN5O13P. The molecule has 2 aromatic heterocycles. The van der Waals surface area contributed by atoms with Crippen LogP contribution in [0.2, 0.25) is 0 Å². The molecule has 0 aromatic carbocycles. The number of aromatic nitrogens is 4. The Balaban J connectivity index is -0.000000563. The molecule has 0 spiro atoms. The number of anilines is 1. The minimum atomic E-state index is -5.26. The van der Waals surface area contributed by atoms with E-state index in [4.69, 9.17) is 10.5 Å². The average molecular weight is 564 g/mol. The summed E-state index contributed by atoms with van der Waals surface area (Å²) in [7, 11) is -5.26. The number of nitrogens with two attached hydrogens (primary N) is 1. The van der Waals surface area contributed by atoms with Crippen molar-refractivity contribution in [2.24, 2.45) is 0 Å². The molecule has 3 rings (SSSR count). The zero-order valence-electron chi connectivity index (χ0n) is 15.0. The fourth-order valence-corrected chi connectivity index (χ4v) is 2.72. The van der Waals surface area contributed by atoms with Crippen LogP contribution in [0.1, 0.15) is 6.23 Å². The van der Waals surface area contributed by atoms with Crippen LogP contribution in [0, 0.1) is 0 Å². The van der Waals surface area contributed by atoms with Crippen LogP contribution in [-0.2, 0) is 41.1 Å². The smallest absolute Gasteiger partial charge is 0.790 e. The van der Waals surface area contributed by atoms with Crippen molar-refractivity contribution in [2.75, 3.05) is 12.3 Å². The van der Waals surface area contributed by atoms with Gasteiger partial charge in [-0.15, -0.1) is 0 Å². The summed E-state index contributed by atoms with van der Waals surface area (Å²) in [5, 5.41) is 20.0. The van der Waals surface area contributed by atoms with Gasteiger partial charge in [-0.2, -0.15) is 4.98 Å². The summed E-state index contributed by atoms with van der Waals surface area (Å²) in [6.45, 7) is -0.776. The van der Waals surface area contributed by atoms with E-state index >= 15 is 0 Å². The maximum Gasteiger partial charge on any atom is 2.00 e. The molecule has 0 aliphatic carbocycles. The number of nitrogens with one attached hydrogen (secondary N) is 1. The van der Waals surface area contributed by atoms with Gasteiger partial charge in [-0.05, 0) is 0 Å². The van der Waals surface area contributed by atoms with Crippen molar-refractivity contribution in [3.8, 4) is 0 Å². The van der Waals surface area contributed by atoms with E-state index in [1.807, 2.05) is 0 Å². The van der Waals surface area contributed by atoms with E-state index in [-0.39, 0.29) is 71.8 Å². The van der Waals surface area contributed by atoms with Gasteiger partial charge in [0.1, 0.15) is 18.3 Å². The fourth-order valence-electron chi connectivity index (χ4n) is 2.39.